The van der Waals surface area contributed by atoms with E-state index in [0.29, 0.717) is 17.2 Å². The molecule has 0 aliphatic carbocycles. The highest BCUT2D eigenvalue weighted by Crippen LogP contribution is 2.26. The summed E-state index contributed by atoms with van der Waals surface area (Å²) in [7, 11) is 0. The molecule has 2 aromatic heterocycles. The first-order chi connectivity index (χ1) is 9.71. The van der Waals surface area contributed by atoms with Crippen LogP contribution < -0.4 is 0 Å². The fourth-order valence-electron chi connectivity index (χ4n) is 1.63. The average Bonchev–Trinajstić information content (AvgIpc) is 3.00. The molecule has 7 heteroatoms. The minimum absolute atomic E-state index is 0.00537. The average molecular weight is 292 g/mol. The van der Waals surface area contributed by atoms with Crippen molar-refractivity contribution in [2.24, 2.45) is 0 Å². The first-order valence-electron chi connectivity index (χ1n) is 5.83. The summed E-state index contributed by atoms with van der Waals surface area (Å²) in [4.78, 5) is 31.5. The Kier molecular flexibility index (Phi) is 4.52. The van der Waals surface area contributed by atoms with Crippen molar-refractivity contribution >= 4 is 24.0 Å². The van der Waals surface area contributed by atoms with E-state index in [1.54, 1.807) is 25.3 Å². The van der Waals surface area contributed by atoms with Gasteiger partial charge in [-0.05, 0) is 25.3 Å². The number of hydrogen-bond donors (Lipinski definition) is 0. The molecule has 0 amide bonds. The number of nitrogens with zero attached hydrogens (tertiary/aromatic N) is 2. The van der Waals surface area contributed by atoms with Gasteiger partial charge in [0.1, 0.15) is 17.0 Å². The normalized spacial score (nSPS) is 10.3. The smallest absolute Gasteiger partial charge is 0.342 e. The van der Waals surface area contributed by atoms with E-state index in [0.717, 1.165) is 0 Å². The number of thioether (sulfide) groups is 1. The molecule has 0 radical (unpaired) electrons. The number of aldehydes is 1. The van der Waals surface area contributed by atoms with Gasteiger partial charge >= 0.3 is 5.97 Å². The van der Waals surface area contributed by atoms with Crippen LogP contribution in [-0.4, -0.2) is 35.1 Å². The zero-order valence-electron chi connectivity index (χ0n) is 11.0. The standard InChI is InChI=1S/C13H12N2O4S/c1-3-18-12(17)10-8(7-16)14-13(20-2)15-11(10)9-5-4-6-19-9/h4-7H,3H2,1-2H3. The largest absolute Gasteiger partial charge is 0.463 e. The zero-order valence-corrected chi connectivity index (χ0v) is 11.8. The zero-order chi connectivity index (χ0) is 14.5. The molecule has 0 aliphatic rings. The third-order valence-electron chi connectivity index (χ3n) is 2.44. The third-order valence-corrected chi connectivity index (χ3v) is 2.99. The van der Waals surface area contributed by atoms with E-state index >= 15 is 0 Å². The fraction of sp³-hybridized carbons (Fsp3) is 0.231. The molecule has 0 atom stereocenters. The topological polar surface area (TPSA) is 82.3 Å². The van der Waals surface area contributed by atoms with Crippen molar-refractivity contribution in [3.63, 3.8) is 0 Å². The molecule has 0 spiro atoms. The molecule has 2 aromatic rings. The van der Waals surface area contributed by atoms with Crippen molar-refractivity contribution in [3.8, 4) is 11.5 Å². The van der Waals surface area contributed by atoms with Gasteiger partial charge in [-0.2, -0.15) is 0 Å². The van der Waals surface area contributed by atoms with Crippen LogP contribution in [0.2, 0.25) is 0 Å². The Bertz CT molecular complexity index is 626. The predicted octanol–water partition coefficient (Wildman–Crippen LogP) is 2.45. The molecule has 104 valence electrons. The van der Waals surface area contributed by atoms with Gasteiger partial charge in [-0.1, -0.05) is 11.8 Å². The van der Waals surface area contributed by atoms with Crippen molar-refractivity contribution < 1.29 is 18.7 Å². The van der Waals surface area contributed by atoms with Crippen LogP contribution in [-0.2, 0) is 4.74 Å². The lowest BCUT2D eigenvalue weighted by Gasteiger charge is -2.09. The monoisotopic (exact) mass is 292 g/mol. The van der Waals surface area contributed by atoms with Crippen LogP contribution in [0.1, 0.15) is 27.8 Å². The summed E-state index contributed by atoms with van der Waals surface area (Å²) >= 11 is 1.27. The molecule has 0 saturated carbocycles. The number of rotatable bonds is 5. The molecular formula is C13H12N2O4S. The Hall–Kier alpha value is -2.15. The Morgan fingerprint density at radius 3 is 2.85 bits per heavy atom. The minimum atomic E-state index is -0.645. The number of furan rings is 1. The molecule has 2 rings (SSSR count). The number of esters is 1. The lowest BCUT2D eigenvalue weighted by molar-refractivity contribution is 0.0523. The second-order valence-electron chi connectivity index (χ2n) is 3.63. The van der Waals surface area contributed by atoms with Crippen molar-refractivity contribution in [2.45, 2.75) is 12.1 Å². The third kappa shape index (κ3) is 2.72. The second-order valence-corrected chi connectivity index (χ2v) is 4.41. The van der Waals surface area contributed by atoms with Gasteiger partial charge in [0.15, 0.2) is 17.2 Å². The van der Waals surface area contributed by atoms with Gasteiger partial charge in [-0.15, -0.1) is 0 Å². The number of ether oxygens (including phenoxy) is 1. The quantitative estimate of drug-likeness (QED) is 0.362. The lowest BCUT2D eigenvalue weighted by Crippen LogP contribution is -2.13. The molecule has 0 fully saturated rings. The van der Waals surface area contributed by atoms with Gasteiger partial charge in [0.05, 0.1) is 12.9 Å². The van der Waals surface area contributed by atoms with E-state index in [9.17, 15) is 9.59 Å². The molecule has 0 unspecified atom stereocenters. The van der Waals surface area contributed by atoms with Gasteiger partial charge in [0.25, 0.3) is 0 Å². The highest BCUT2D eigenvalue weighted by molar-refractivity contribution is 7.98. The molecule has 20 heavy (non-hydrogen) atoms. The van der Waals surface area contributed by atoms with Crippen molar-refractivity contribution in [1.29, 1.82) is 0 Å². The summed E-state index contributed by atoms with van der Waals surface area (Å²) in [5, 5.41) is 0.381. The number of hydrogen-bond acceptors (Lipinski definition) is 7. The fourth-order valence-corrected chi connectivity index (χ4v) is 2.00. The summed E-state index contributed by atoms with van der Waals surface area (Å²) in [6.45, 7) is 1.88. The van der Waals surface area contributed by atoms with E-state index in [2.05, 4.69) is 9.97 Å². The van der Waals surface area contributed by atoms with Gasteiger partial charge in [0, 0.05) is 0 Å². The van der Waals surface area contributed by atoms with E-state index in [1.165, 1.54) is 18.0 Å². The molecule has 0 bridgehead atoms. The number of aromatic nitrogens is 2. The summed E-state index contributed by atoms with van der Waals surface area (Å²) in [6.07, 6.45) is 3.76. The van der Waals surface area contributed by atoms with Gasteiger partial charge < -0.3 is 9.15 Å². The van der Waals surface area contributed by atoms with Gasteiger partial charge in [-0.3, -0.25) is 4.79 Å². The van der Waals surface area contributed by atoms with Gasteiger partial charge in [-0.25, -0.2) is 14.8 Å². The predicted molar refractivity (Wildman–Crippen MR) is 72.9 cm³/mol. The maximum atomic E-state index is 12.0. The summed E-state index contributed by atoms with van der Waals surface area (Å²) in [5.41, 5.74) is 0.277. The maximum Gasteiger partial charge on any atom is 0.342 e. The van der Waals surface area contributed by atoms with E-state index in [4.69, 9.17) is 9.15 Å². The van der Waals surface area contributed by atoms with Crippen molar-refractivity contribution in [1.82, 2.24) is 9.97 Å². The highest BCUT2D eigenvalue weighted by atomic mass is 32.2. The van der Waals surface area contributed by atoms with E-state index in [1.807, 2.05) is 0 Å². The molecule has 0 saturated heterocycles. The molecule has 0 aliphatic heterocycles. The van der Waals surface area contributed by atoms with Gasteiger partial charge in [0.2, 0.25) is 0 Å². The Morgan fingerprint density at radius 2 is 2.30 bits per heavy atom. The van der Waals surface area contributed by atoms with Crippen LogP contribution in [0.25, 0.3) is 11.5 Å². The summed E-state index contributed by atoms with van der Waals surface area (Å²) < 4.78 is 10.2. The lowest BCUT2D eigenvalue weighted by atomic mass is 10.1. The first kappa shape index (κ1) is 14.3. The van der Waals surface area contributed by atoms with Crippen LogP contribution in [0.5, 0.6) is 0 Å². The van der Waals surface area contributed by atoms with Crippen LogP contribution in [0.15, 0.2) is 28.0 Å². The molecule has 6 nitrogen and oxygen atoms in total. The second kappa shape index (κ2) is 6.33. The summed E-state index contributed by atoms with van der Waals surface area (Å²) in [6, 6.07) is 3.33. The molecular weight excluding hydrogens is 280 g/mol. The Labute approximate surface area is 119 Å². The van der Waals surface area contributed by atoms with Crippen molar-refractivity contribution in [2.75, 3.05) is 12.9 Å². The Morgan fingerprint density at radius 1 is 1.50 bits per heavy atom. The van der Waals surface area contributed by atoms with Crippen LogP contribution >= 0.6 is 11.8 Å². The Balaban J connectivity index is 2.67. The summed E-state index contributed by atoms with van der Waals surface area (Å²) in [5.74, 6) is -0.262. The number of carbonyl (C=O) groups is 2. The molecule has 0 aromatic carbocycles. The maximum absolute atomic E-state index is 12.0. The first-order valence-corrected chi connectivity index (χ1v) is 7.06. The van der Waals surface area contributed by atoms with Crippen LogP contribution in [0.4, 0.5) is 0 Å². The minimum Gasteiger partial charge on any atom is -0.463 e. The van der Waals surface area contributed by atoms with E-state index < -0.39 is 5.97 Å². The van der Waals surface area contributed by atoms with Crippen LogP contribution in [0, 0.1) is 0 Å². The molecule has 2 heterocycles. The molecule has 0 N–H and O–H groups in total. The number of carbonyl (C=O) groups excluding carboxylic acids is 2. The van der Waals surface area contributed by atoms with Crippen LogP contribution in [0.3, 0.4) is 0 Å². The van der Waals surface area contributed by atoms with Crippen molar-refractivity contribution in [3.05, 3.63) is 29.7 Å². The van der Waals surface area contributed by atoms with E-state index in [-0.39, 0.29) is 23.6 Å². The highest BCUT2D eigenvalue weighted by Gasteiger charge is 2.24. The SMILES string of the molecule is CCOC(=O)c1c(C=O)nc(SC)nc1-c1ccco1.